The second-order valence-corrected chi connectivity index (χ2v) is 5.54. The Hall–Kier alpha value is -0.820. The molecule has 1 N–H and O–H groups in total. The molecule has 0 aromatic heterocycles. The van der Waals surface area contributed by atoms with Gasteiger partial charge in [-0.2, -0.15) is 0 Å². The molecule has 1 nitrogen and oxygen atoms in total. The summed E-state index contributed by atoms with van der Waals surface area (Å²) in [5.41, 5.74) is 4.57. The highest BCUT2D eigenvalue weighted by molar-refractivity contribution is 5.34. The van der Waals surface area contributed by atoms with Gasteiger partial charge in [-0.25, -0.2) is 0 Å². The van der Waals surface area contributed by atoms with Gasteiger partial charge in [0.25, 0.3) is 0 Å². The maximum Gasteiger partial charge on any atom is 0.00727 e. The van der Waals surface area contributed by atoms with Crippen LogP contribution in [0.1, 0.15) is 56.7 Å². The Bertz CT molecular complexity index is 344. The van der Waals surface area contributed by atoms with Crippen molar-refractivity contribution in [3.8, 4) is 0 Å². The van der Waals surface area contributed by atoms with Gasteiger partial charge in [-0.15, -0.1) is 0 Å². The van der Waals surface area contributed by atoms with Gasteiger partial charge in [-0.1, -0.05) is 50.1 Å². The minimum atomic E-state index is 0.298. The molecule has 0 aliphatic heterocycles. The number of nitrogens with one attached hydrogen (secondary N) is 1. The van der Waals surface area contributed by atoms with Crippen molar-refractivity contribution in [2.45, 2.75) is 59.3 Å². The third-order valence-electron chi connectivity index (χ3n) is 4.08. The molecular formula is C17H29N. The number of hydrogen-bond acceptors (Lipinski definition) is 1. The number of hydrogen-bond donors (Lipinski definition) is 1. The molecule has 0 aliphatic rings. The number of aryl methyl sites for hydroxylation is 2. The minimum Gasteiger partial charge on any atom is -0.316 e. The van der Waals surface area contributed by atoms with E-state index in [1.165, 1.54) is 36.0 Å². The molecular weight excluding hydrogens is 218 g/mol. The lowest BCUT2D eigenvalue weighted by Gasteiger charge is -2.33. The molecule has 102 valence electrons. The van der Waals surface area contributed by atoms with Crippen LogP contribution in [0.5, 0.6) is 0 Å². The second kappa shape index (κ2) is 6.94. The highest BCUT2D eigenvalue weighted by atomic mass is 14.9. The molecule has 0 unspecified atom stereocenters. The molecule has 1 aromatic carbocycles. The first-order valence-electron chi connectivity index (χ1n) is 7.37. The molecule has 1 rings (SSSR count). The van der Waals surface area contributed by atoms with E-state index in [-0.39, 0.29) is 0 Å². The predicted molar refractivity (Wildman–Crippen MR) is 81.3 cm³/mol. The summed E-state index contributed by atoms with van der Waals surface area (Å²) < 4.78 is 0. The first-order valence-corrected chi connectivity index (χ1v) is 7.37. The molecule has 0 spiro atoms. The zero-order valence-electron chi connectivity index (χ0n) is 12.8. The maximum absolute atomic E-state index is 3.62. The Kier molecular flexibility index (Phi) is 5.87. The molecule has 0 heterocycles. The summed E-state index contributed by atoms with van der Waals surface area (Å²) in [6, 6.07) is 7.00. The normalized spacial score (nSPS) is 11.8. The van der Waals surface area contributed by atoms with E-state index in [0.717, 1.165) is 13.1 Å². The quantitative estimate of drug-likeness (QED) is 0.706. The molecule has 0 saturated carbocycles. The highest BCUT2D eigenvalue weighted by Crippen LogP contribution is 2.32. The third-order valence-corrected chi connectivity index (χ3v) is 4.08. The largest absolute Gasteiger partial charge is 0.316 e. The van der Waals surface area contributed by atoms with Crippen LogP contribution in [0, 0.1) is 13.8 Å². The fraction of sp³-hybridized carbons (Fsp3) is 0.647. The zero-order chi connectivity index (χ0) is 13.6. The van der Waals surface area contributed by atoms with Gasteiger partial charge in [-0.05, 0) is 45.2 Å². The van der Waals surface area contributed by atoms with E-state index in [4.69, 9.17) is 0 Å². The zero-order valence-corrected chi connectivity index (χ0v) is 12.8. The van der Waals surface area contributed by atoms with Crippen molar-refractivity contribution in [1.29, 1.82) is 0 Å². The Morgan fingerprint density at radius 1 is 0.944 bits per heavy atom. The van der Waals surface area contributed by atoms with Crippen LogP contribution in [-0.2, 0) is 5.41 Å². The van der Waals surface area contributed by atoms with Crippen LogP contribution in [0.25, 0.3) is 0 Å². The lowest BCUT2D eigenvalue weighted by Crippen LogP contribution is -2.37. The molecule has 0 aliphatic carbocycles. The van der Waals surface area contributed by atoms with Gasteiger partial charge in [0.15, 0.2) is 0 Å². The van der Waals surface area contributed by atoms with E-state index >= 15 is 0 Å². The van der Waals surface area contributed by atoms with E-state index < -0.39 is 0 Å². The van der Waals surface area contributed by atoms with E-state index in [2.05, 4.69) is 58.1 Å². The standard InChI is InChI=1S/C17H29N/c1-6-9-18-13-17(7-2,8-3)16-11-14(4)10-15(5)12-16/h10-12,18H,6-9,13H2,1-5H3. The Morgan fingerprint density at radius 3 is 1.94 bits per heavy atom. The summed E-state index contributed by atoms with van der Waals surface area (Å²) in [5.74, 6) is 0. The van der Waals surface area contributed by atoms with Crippen LogP contribution < -0.4 is 5.32 Å². The summed E-state index contributed by atoms with van der Waals surface area (Å²) in [7, 11) is 0. The smallest absolute Gasteiger partial charge is 0.00727 e. The lowest BCUT2D eigenvalue weighted by molar-refractivity contribution is 0.368. The molecule has 0 fully saturated rings. The average Bonchev–Trinajstić information content (AvgIpc) is 2.34. The monoisotopic (exact) mass is 247 g/mol. The van der Waals surface area contributed by atoms with E-state index in [1.807, 2.05) is 0 Å². The first-order chi connectivity index (χ1) is 8.57. The van der Waals surface area contributed by atoms with Gasteiger partial charge in [0.05, 0.1) is 0 Å². The van der Waals surface area contributed by atoms with Gasteiger partial charge in [-0.3, -0.25) is 0 Å². The topological polar surface area (TPSA) is 12.0 Å². The fourth-order valence-corrected chi connectivity index (χ4v) is 2.80. The van der Waals surface area contributed by atoms with Crippen LogP contribution >= 0.6 is 0 Å². The van der Waals surface area contributed by atoms with Crippen LogP contribution in [0.4, 0.5) is 0 Å². The summed E-state index contributed by atoms with van der Waals surface area (Å²) in [6.45, 7) is 13.5. The molecule has 1 aromatic rings. The first kappa shape index (κ1) is 15.2. The fourth-order valence-electron chi connectivity index (χ4n) is 2.80. The summed E-state index contributed by atoms with van der Waals surface area (Å²) in [6.07, 6.45) is 3.60. The maximum atomic E-state index is 3.62. The number of rotatable bonds is 7. The molecule has 0 bridgehead atoms. The molecule has 0 amide bonds. The molecule has 18 heavy (non-hydrogen) atoms. The Morgan fingerprint density at radius 2 is 1.50 bits per heavy atom. The van der Waals surface area contributed by atoms with Crippen molar-refractivity contribution in [2.75, 3.05) is 13.1 Å². The van der Waals surface area contributed by atoms with Crippen molar-refractivity contribution < 1.29 is 0 Å². The number of benzene rings is 1. The Labute approximate surface area is 113 Å². The highest BCUT2D eigenvalue weighted by Gasteiger charge is 2.28. The van der Waals surface area contributed by atoms with Gasteiger partial charge in [0, 0.05) is 12.0 Å². The third kappa shape index (κ3) is 3.58. The lowest BCUT2D eigenvalue weighted by atomic mass is 9.75. The molecule has 0 radical (unpaired) electrons. The van der Waals surface area contributed by atoms with Crippen molar-refractivity contribution in [1.82, 2.24) is 5.32 Å². The SMILES string of the molecule is CCCNCC(CC)(CC)c1cc(C)cc(C)c1. The van der Waals surface area contributed by atoms with E-state index in [9.17, 15) is 0 Å². The van der Waals surface area contributed by atoms with Crippen LogP contribution in [0.15, 0.2) is 18.2 Å². The van der Waals surface area contributed by atoms with Gasteiger partial charge < -0.3 is 5.32 Å². The van der Waals surface area contributed by atoms with Crippen LogP contribution in [-0.4, -0.2) is 13.1 Å². The van der Waals surface area contributed by atoms with Crippen LogP contribution in [0.2, 0.25) is 0 Å². The van der Waals surface area contributed by atoms with E-state index in [0.29, 0.717) is 5.41 Å². The Balaban J connectivity index is 3.01. The van der Waals surface area contributed by atoms with Crippen molar-refractivity contribution in [2.24, 2.45) is 0 Å². The second-order valence-electron chi connectivity index (χ2n) is 5.54. The van der Waals surface area contributed by atoms with Gasteiger partial charge in [0.1, 0.15) is 0 Å². The van der Waals surface area contributed by atoms with Gasteiger partial charge >= 0.3 is 0 Å². The summed E-state index contributed by atoms with van der Waals surface area (Å²) in [5, 5.41) is 3.62. The van der Waals surface area contributed by atoms with Crippen molar-refractivity contribution in [3.63, 3.8) is 0 Å². The minimum absolute atomic E-state index is 0.298. The predicted octanol–water partition coefficient (Wildman–Crippen LogP) is 4.36. The molecule has 0 atom stereocenters. The summed E-state index contributed by atoms with van der Waals surface area (Å²) >= 11 is 0. The van der Waals surface area contributed by atoms with Crippen molar-refractivity contribution >= 4 is 0 Å². The average molecular weight is 247 g/mol. The van der Waals surface area contributed by atoms with Gasteiger partial charge in [0.2, 0.25) is 0 Å². The summed E-state index contributed by atoms with van der Waals surface area (Å²) in [4.78, 5) is 0. The van der Waals surface area contributed by atoms with E-state index in [1.54, 1.807) is 0 Å². The molecule has 1 heteroatoms. The van der Waals surface area contributed by atoms with Crippen molar-refractivity contribution in [3.05, 3.63) is 34.9 Å². The van der Waals surface area contributed by atoms with Crippen LogP contribution in [0.3, 0.4) is 0 Å². The molecule has 0 saturated heterocycles.